The van der Waals surface area contributed by atoms with E-state index in [4.69, 9.17) is 0 Å². The van der Waals surface area contributed by atoms with E-state index in [1.54, 1.807) is 0 Å². The topological polar surface area (TPSA) is 95.4 Å². The van der Waals surface area contributed by atoms with Gasteiger partial charge in [0.25, 0.3) is 0 Å². The van der Waals surface area contributed by atoms with Gasteiger partial charge in [-0.25, -0.2) is 9.97 Å². The van der Waals surface area contributed by atoms with Crippen LogP contribution >= 0.6 is 0 Å². The quantitative estimate of drug-likeness (QED) is 0.508. The van der Waals surface area contributed by atoms with Gasteiger partial charge in [-0.1, -0.05) is 12.2 Å². The SMILES string of the molecule is CC(/C=C\Cc1ncnc(Nc2ccc(OC(F)(F)F)cc2)n1)N1CCC[C@@H]1CO.CNC. The number of aromatic nitrogens is 3. The number of hydrogen-bond donors (Lipinski definition) is 3. The molecule has 0 saturated carbocycles. The highest BCUT2D eigenvalue weighted by Gasteiger charge is 2.31. The van der Waals surface area contributed by atoms with Crippen LogP contribution in [-0.4, -0.2) is 70.7 Å². The molecule has 1 aromatic heterocycles. The zero-order valence-corrected chi connectivity index (χ0v) is 19.0. The minimum atomic E-state index is -4.73. The third kappa shape index (κ3) is 9.32. The van der Waals surface area contributed by atoms with Gasteiger partial charge in [-0.3, -0.25) is 4.90 Å². The Hall–Kier alpha value is -2.76. The maximum atomic E-state index is 12.2. The van der Waals surface area contributed by atoms with Crippen molar-refractivity contribution in [2.75, 3.05) is 32.6 Å². The lowest BCUT2D eigenvalue weighted by atomic mass is 10.2. The average molecular weight is 469 g/mol. The molecule has 1 aliphatic rings. The van der Waals surface area contributed by atoms with Crippen LogP contribution in [0, 0.1) is 0 Å². The monoisotopic (exact) mass is 468 g/mol. The van der Waals surface area contributed by atoms with Crippen LogP contribution in [0.1, 0.15) is 25.6 Å². The molecule has 1 saturated heterocycles. The number of aliphatic hydroxyl groups is 1. The summed E-state index contributed by atoms with van der Waals surface area (Å²) >= 11 is 0. The Labute approximate surface area is 191 Å². The van der Waals surface area contributed by atoms with Crippen LogP contribution in [0.4, 0.5) is 24.8 Å². The number of nitrogens with zero attached hydrogens (tertiary/aromatic N) is 4. The largest absolute Gasteiger partial charge is 0.573 e. The summed E-state index contributed by atoms with van der Waals surface area (Å²) in [6.07, 6.45) is 3.33. The molecule has 2 aromatic rings. The molecular weight excluding hydrogens is 437 g/mol. The third-order valence-corrected chi connectivity index (χ3v) is 4.84. The van der Waals surface area contributed by atoms with Crippen molar-refractivity contribution in [1.29, 1.82) is 0 Å². The van der Waals surface area contributed by atoms with Crippen LogP contribution < -0.4 is 15.4 Å². The molecule has 182 valence electrons. The standard InChI is InChI=1S/C20H24F3N5O2.C2H7N/c1-14(28-11-3-5-16(28)12-29)4-2-6-18-24-13-25-19(27-18)26-15-7-9-17(10-8-15)30-20(21,22)23;1-3-2/h2,4,7-10,13-14,16,29H,3,5-6,11-12H2,1H3,(H,24,25,26,27);3H,1-2H3/b4-2-;/t14?,16-;/m1./s1. The first kappa shape index (κ1) is 26.5. The van der Waals surface area contributed by atoms with Crippen molar-refractivity contribution >= 4 is 11.6 Å². The van der Waals surface area contributed by atoms with Gasteiger partial charge in [0.2, 0.25) is 5.95 Å². The van der Waals surface area contributed by atoms with E-state index in [1.807, 2.05) is 20.2 Å². The van der Waals surface area contributed by atoms with Crippen LogP contribution in [0.2, 0.25) is 0 Å². The first-order valence-electron chi connectivity index (χ1n) is 10.7. The summed E-state index contributed by atoms with van der Waals surface area (Å²) in [6.45, 7) is 3.24. The highest BCUT2D eigenvalue weighted by atomic mass is 19.4. The predicted octanol–water partition coefficient (Wildman–Crippen LogP) is 3.29. The Bertz CT molecular complexity index is 864. The molecule has 3 N–H and O–H groups in total. The zero-order valence-electron chi connectivity index (χ0n) is 19.0. The zero-order chi connectivity index (χ0) is 24.3. The number of nitrogens with one attached hydrogen (secondary N) is 2. The Morgan fingerprint density at radius 1 is 1.24 bits per heavy atom. The van der Waals surface area contributed by atoms with Crippen molar-refractivity contribution in [2.24, 2.45) is 0 Å². The van der Waals surface area contributed by atoms with Gasteiger partial charge in [-0.05, 0) is 64.7 Å². The summed E-state index contributed by atoms with van der Waals surface area (Å²) in [4.78, 5) is 14.8. The Balaban J connectivity index is 0.00000122. The summed E-state index contributed by atoms with van der Waals surface area (Å²) in [6, 6.07) is 5.73. The van der Waals surface area contributed by atoms with Crippen LogP contribution in [0.3, 0.4) is 0 Å². The van der Waals surface area contributed by atoms with Gasteiger partial charge >= 0.3 is 6.36 Å². The number of benzene rings is 1. The second-order valence-electron chi connectivity index (χ2n) is 7.51. The lowest BCUT2D eigenvalue weighted by Crippen LogP contribution is -2.38. The van der Waals surface area contributed by atoms with Crippen molar-refractivity contribution in [3.63, 3.8) is 0 Å². The van der Waals surface area contributed by atoms with Gasteiger partial charge in [0, 0.05) is 24.2 Å². The fourth-order valence-corrected chi connectivity index (χ4v) is 3.43. The molecular formula is C22H31F3N6O2. The molecule has 2 heterocycles. The van der Waals surface area contributed by atoms with E-state index in [0.29, 0.717) is 23.9 Å². The van der Waals surface area contributed by atoms with Gasteiger partial charge in [0.1, 0.15) is 17.9 Å². The Kier molecular flexibility index (Phi) is 10.5. The highest BCUT2D eigenvalue weighted by Crippen LogP contribution is 2.24. The first-order valence-corrected chi connectivity index (χ1v) is 10.7. The fraction of sp³-hybridized carbons (Fsp3) is 0.500. The van der Waals surface area contributed by atoms with Crippen molar-refractivity contribution in [3.05, 3.63) is 48.6 Å². The molecule has 11 heteroatoms. The first-order chi connectivity index (χ1) is 15.8. The summed E-state index contributed by atoms with van der Waals surface area (Å²) in [5.74, 6) is 0.559. The van der Waals surface area contributed by atoms with E-state index in [2.05, 4.69) is 48.2 Å². The number of hydrogen-bond acceptors (Lipinski definition) is 8. The number of likely N-dealkylation sites (tertiary alicyclic amines) is 1. The minimum Gasteiger partial charge on any atom is -0.406 e. The molecule has 1 aliphatic heterocycles. The van der Waals surface area contributed by atoms with Crippen LogP contribution in [0.15, 0.2) is 42.7 Å². The smallest absolute Gasteiger partial charge is 0.406 e. The molecule has 0 radical (unpaired) electrons. The van der Waals surface area contributed by atoms with Crippen LogP contribution in [0.5, 0.6) is 5.75 Å². The lowest BCUT2D eigenvalue weighted by molar-refractivity contribution is -0.274. The molecule has 2 atom stereocenters. The minimum absolute atomic E-state index is 0.171. The molecule has 1 aromatic carbocycles. The molecule has 0 aliphatic carbocycles. The van der Waals surface area contributed by atoms with E-state index >= 15 is 0 Å². The van der Waals surface area contributed by atoms with E-state index in [0.717, 1.165) is 19.4 Å². The molecule has 0 amide bonds. The maximum Gasteiger partial charge on any atom is 0.573 e. The van der Waals surface area contributed by atoms with Crippen molar-refractivity contribution in [3.8, 4) is 5.75 Å². The Morgan fingerprint density at radius 3 is 2.58 bits per heavy atom. The van der Waals surface area contributed by atoms with Crippen LogP contribution in [-0.2, 0) is 6.42 Å². The van der Waals surface area contributed by atoms with E-state index < -0.39 is 6.36 Å². The van der Waals surface area contributed by atoms with Gasteiger partial charge in [-0.15, -0.1) is 13.2 Å². The summed E-state index contributed by atoms with van der Waals surface area (Å²) in [5.41, 5.74) is 0.523. The second kappa shape index (κ2) is 13.1. The molecule has 1 fully saturated rings. The van der Waals surface area contributed by atoms with E-state index in [1.165, 1.54) is 30.6 Å². The number of ether oxygens (including phenoxy) is 1. The molecule has 0 bridgehead atoms. The highest BCUT2D eigenvalue weighted by molar-refractivity contribution is 5.54. The summed E-state index contributed by atoms with van der Waals surface area (Å²) in [7, 11) is 3.75. The third-order valence-electron chi connectivity index (χ3n) is 4.84. The lowest BCUT2D eigenvalue weighted by Gasteiger charge is -2.27. The van der Waals surface area contributed by atoms with E-state index in [9.17, 15) is 18.3 Å². The summed E-state index contributed by atoms with van der Waals surface area (Å²) < 4.78 is 40.5. The average Bonchev–Trinajstić information content (AvgIpc) is 3.24. The molecule has 1 unspecified atom stereocenters. The van der Waals surface area contributed by atoms with E-state index in [-0.39, 0.29) is 24.4 Å². The van der Waals surface area contributed by atoms with Gasteiger partial charge in [-0.2, -0.15) is 4.98 Å². The fourth-order valence-electron chi connectivity index (χ4n) is 3.43. The molecule has 8 nitrogen and oxygen atoms in total. The van der Waals surface area contributed by atoms with Crippen molar-refractivity contribution in [1.82, 2.24) is 25.2 Å². The number of halogens is 3. The maximum absolute atomic E-state index is 12.2. The predicted molar refractivity (Wildman–Crippen MR) is 120 cm³/mol. The number of alkyl halides is 3. The van der Waals surface area contributed by atoms with Gasteiger partial charge < -0.3 is 20.5 Å². The van der Waals surface area contributed by atoms with Crippen LogP contribution in [0.25, 0.3) is 0 Å². The van der Waals surface area contributed by atoms with Crippen molar-refractivity contribution in [2.45, 2.75) is 44.6 Å². The number of rotatable bonds is 8. The van der Waals surface area contributed by atoms with Gasteiger partial charge in [0.15, 0.2) is 0 Å². The molecule has 0 spiro atoms. The second-order valence-corrected chi connectivity index (χ2v) is 7.51. The summed E-state index contributed by atoms with van der Waals surface area (Å²) in [5, 5.41) is 15.1. The van der Waals surface area contributed by atoms with Crippen molar-refractivity contribution < 1.29 is 23.0 Å². The molecule has 33 heavy (non-hydrogen) atoms. The number of anilines is 2. The molecule has 3 rings (SSSR count). The van der Waals surface area contributed by atoms with Gasteiger partial charge in [0.05, 0.1) is 6.61 Å². The number of aliphatic hydroxyl groups excluding tert-OH is 1. The normalized spacial score (nSPS) is 17.5. The number of allylic oxidation sites excluding steroid dienone is 1. The Morgan fingerprint density at radius 2 is 1.94 bits per heavy atom.